The normalized spacial score (nSPS) is 18.9. The zero-order valence-electron chi connectivity index (χ0n) is 16.6. The summed E-state index contributed by atoms with van der Waals surface area (Å²) in [5.41, 5.74) is 0.930. The molecule has 0 unspecified atom stereocenters. The summed E-state index contributed by atoms with van der Waals surface area (Å²) >= 11 is 6.01. The van der Waals surface area contributed by atoms with Gasteiger partial charge in [0.25, 0.3) is 5.91 Å². The Morgan fingerprint density at radius 1 is 1.00 bits per heavy atom. The van der Waals surface area contributed by atoms with Gasteiger partial charge in [-0.2, -0.15) is 0 Å². The van der Waals surface area contributed by atoms with Crippen LogP contribution in [0.3, 0.4) is 0 Å². The topological polar surface area (TPSA) is 78.5 Å². The Morgan fingerprint density at radius 2 is 1.63 bits per heavy atom. The third-order valence-electron chi connectivity index (χ3n) is 5.90. The van der Waals surface area contributed by atoms with Crippen molar-refractivity contribution in [3.05, 3.63) is 70.7 Å². The molecule has 7 heteroatoms. The van der Waals surface area contributed by atoms with Gasteiger partial charge in [-0.3, -0.25) is 14.5 Å². The molecule has 2 aromatic carbocycles. The van der Waals surface area contributed by atoms with Crippen molar-refractivity contribution in [3.8, 4) is 0 Å². The molecule has 30 heavy (non-hydrogen) atoms. The molecule has 0 bridgehead atoms. The van der Waals surface area contributed by atoms with Gasteiger partial charge in [-0.1, -0.05) is 73.3 Å². The van der Waals surface area contributed by atoms with E-state index in [9.17, 15) is 14.4 Å². The maximum atomic E-state index is 12.9. The molecule has 6 nitrogen and oxygen atoms in total. The number of hydrogen-bond donors (Lipinski definition) is 2. The second-order valence-corrected chi connectivity index (χ2v) is 8.36. The van der Waals surface area contributed by atoms with Crippen LogP contribution < -0.4 is 10.6 Å². The van der Waals surface area contributed by atoms with Crippen LogP contribution in [-0.4, -0.2) is 34.8 Å². The van der Waals surface area contributed by atoms with Gasteiger partial charge >= 0.3 is 6.03 Å². The average molecular weight is 426 g/mol. The molecular weight excluding hydrogens is 402 g/mol. The third kappa shape index (κ3) is 4.05. The minimum absolute atomic E-state index is 0.287. The standard InChI is InChI=1S/C23H24ClN3O3/c24-18-11-9-17(10-12-18)20(16-7-3-1-4-8-16)25-19(28)15-27-21(29)23(26-22(27)30)13-5-2-6-14-23/h1,3-4,7-12,20H,2,5-6,13-15H2,(H,25,28)(H,26,30)/t20-/m1/s1. The molecule has 156 valence electrons. The molecule has 1 aliphatic heterocycles. The number of urea groups is 1. The van der Waals surface area contributed by atoms with Crippen LogP contribution in [0.5, 0.6) is 0 Å². The van der Waals surface area contributed by atoms with Crippen molar-refractivity contribution in [3.63, 3.8) is 0 Å². The van der Waals surface area contributed by atoms with Crippen molar-refractivity contribution >= 4 is 29.4 Å². The van der Waals surface area contributed by atoms with Crippen molar-refractivity contribution in [2.45, 2.75) is 43.7 Å². The Kier molecular flexibility index (Phi) is 5.77. The molecule has 1 saturated carbocycles. The first kappa shape index (κ1) is 20.4. The van der Waals surface area contributed by atoms with Crippen LogP contribution >= 0.6 is 11.6 Å². The first-order chi connectivity index (χ1) is 14.5. The van der Waals surface area contributed by atoms with Gasteiger partial charge in [-0.25, -0.2) is 4.79 Å². The highest BCUT2D eigenvalue weighted by Gasteiger charge is 2.51. The van der Waals surface area contributed by atoms with E-state index < -0.39 is 23.5 Å². The Morgan fingerprint density at radius 3 is 2.30 bits per heavy atom. The van der Waals surface area contributed by atoms with E-state index in [1.165, 1.54) is 0 Å². The van der Waals surface area contributed by atoms with Gasteiger partial charge in [-0.15, -0.1) is 0 Å². The van der Waals surface area contributed by atoms with Crippen LogP contribution in [0.25, 0.3) is 0 Å². The van der Waals surface area contributed by atoms with Crippen LogP contribution in [-0.2, 0) is 9.59 Å². The quantitative estimate of drug-likeness (QED) is 0.715. The highest BCUT2D eigenvalue weighted by molar-refractivity contribution is 6.30. The first-order valence-electron chi connectivity index (χ1n) is 10.2. The van der Waals surface area contributed by atoms with E-state index in [4.69, 9.17) is 11.6 Å². The fourth-order valence-corrected chi connectivity index (χ4v) is 4.45. The van der Waals surface area contributed by atoms with Crippen molar-refractivity contribution in [2.75, 3.05) is 6.54 Å². The average Bonchev–Trinajstić information content (AvgIpc) is 2.98. The van der Waals surface area contributed by atoms with Crippen molar-refractivity contribution in [1.82, 2.24) is 15.5 Å². The van der Waals surface area contributed by atoms with E-state index in [2.05, 4.69) is 10.6 Å². The molecule has 2 fully saturated rings. The van der Waals surface area contributed by atoms with Crippen LogP contribution in [0.1, 0.15) is 49.3 Å². The van der Waals surface area contributed by atoms with E-state index in [1.807, 2.05) is 42.5 Å². The molecule has 2 N–H and O–H groups in total. The lowest BCUT2D eigenvalue weighted by Gasteiger charge is -2.30. The number of hydrogen-bond acceptors (Lipinski definition) is 3. The predicted molar refractivity (Wildman–Crippen MR) is 114 cm³/mol. The van der Waals surface area contributed by atoms with E-state index in [0.29, 0.717) is 17.9 Å². The number of benzene rings is 2. The number of amides is 4. The number of nitrogens with zero attached hydrogens (tertiary/aromatic N) is 1. The van der Waals surface area contributed by atoms with E-state index >= 15 is 0 Å². The fourth-order valence-electron chi connectivity index (χ4n) is 4.32. The van der Waals surface area contributed by atoms with Crippen molar-refractivity contribution < 1.29 is 14.4 Å². The van der Waals surface area contributed by atoms with Crippen LogP contribution in [0.15, 0.2) is 54.6 Å². The molecule has 0 radical (unpaired) electrons. The molecule has 1 saturated heterocycles. The first-order valence-corrected chi connectivity index (χ1v) is 10.6. The van der Waals surface area contributed by atoms with Gasteiger partial charge in [-0.05, 0) is 36.1 Å². The van der Waals surface area contributed by atoms with Crippen LogP contribution in [0, 0.1) is 0 Å². The summed E-state index contributed by atoms with van der Waals surface area (Å²) in [5, 5.41) is 6.42. The Bertz CT molecular complexity index is 940. The summed E-state index contributed by atoms with van der Waals surface area (Å²) < 4.78 is 0. The van der Waals surface area contributed by atoms with E-state index in [1.54, 1.807) is 12.1 Å². The summed E-state index contributed by atoms with van der Waals surface area (Å²) in [5.74, 6) is -0.680. The smallest absolute Gasteiger partial charge is 0.325 e. The van der Waals surface area contributed by atoms with E-state index in [-0.39, 0.29) is 12.5 Å². The monoisotopic (exact) mass is 425 g/mol. The Hall–Kier alpha value is -2.86. The molecule has 2 aliphatic rings. The molecule has 4 amide bonds. The van der Waals surface area contributed by atoms with Gasteiger partial charge in [0.05, 0.1) is 6.04 Å². The molecule has 4 rings (SSSR count). The molecular formula is C23H24ClN3O3. The summed E-state index contributed by atoms with van der Waals surface area (Å²) in [6.07, 6.45) is 4.13. The van der Waals surface area contributed by atoms with Crippen molar-refractivity contribution in [1.29, 1.82) is 0 Å². The number of nitrogens with one attached hydrogen (secondary N) is 2. The number of imide groups is 1. The second-order valence-electron chi connectivity index (χ2n) is 7.93. The number of halogens is 1. The number of rotatable bonds is 5. The van der Waals surface area contributed by atoms with Gasteiger partial charge in [0, 0.05) is 5.02 Å². The zero-order chi connectivity index (χ0) is 21.1. The van der Waals surface area contributed by atoms with Crippen LogP contribution in [0.2, 0.25) is 5.02 Å². The lowest BCUT2D eigenvalue weighted by Crippen LogP contribution is -2.49. The SMILES string of the molecule is O=C(CN1C(=O)NC2(CCCCC2)C1=O)N[C@H](c1ccccc1)c1ccc(Cl)cc1. The predicted octanol–water partition coefficient (Wildman–Crippen LogP) is 3.80. The maximum absolute atomic E-state index is 12.9. The van der Waals surface area contributed by atoms with Gasteiger partial charge in [0.15, 0.2) is 0 Å². The Balaban J connectivity index is 1.51. The largest absolute Gasteiger partial charge is 0.344 e. The molecule has 0 aromatic heterocycles. The van der Waals surface area contributed by atoms with Gasteiger partial charge in [0.2, 0.25) is 5.91 Å². The number of carbonyl (C=O) groups excluding carboxylic acids is 3. The van der Waals surface area contributed by atoms with E-state index in [0.717, 1.165) is 35.3 Å². The summed E-state index contributed by atoms with van der Waals surface area (Å²) in [6, 6.07) is 15.9. The molecule has 1 spiro atoms. The zero-order valence-corrected chi connectivity index (χ0v) is 17.3. The summed E-state index contributed by atoms with van der Waals surface area (Å²) in [7, 11) is 0. The summed E-state index contributed by atoms with van der Waals surface area (Å²) in [6.45, 7) is -0.302. The highest BCUT2D eigenvalue weighted by Crippen LogP contribution is 2.33. The fraction of sp³-hybridized carbons (Fsp3) is 0.348. The second kappa shape index (κ2) is 8.48. The van der Waals surface area contributed by atoms with Gasteiger partial charge < -0.3 is 10.6 Å². The molecule has 1 aliphatic carbocycles. The number of carbonyl (C=O) groups is 3. The minimum Gasteiger partial charge on any atom is -0.344 e. The molecule has 1 heterocycles. The molecule has 1 atom stereocenters. The highest BCUT2D eigenvalue weighted by atomic mass is 35.5. The lowest BCUT2D eigenvalue weighted by molar-refractivity contribution is -0.136. The minimum atomic E-state index is -0.829. The van der Waals surface area contributed by atoms with Crippen LogP contribution in [0.4, 0.5) is 4.79 Å². The van der Waals surface area contributed by atoms with Gasteiger partial charge in [0.1, 0.15) is 12.1 Å². The maximum Gasteiger partial charge on any atom is 0.325 e. The van der Waals surface area contributed by atoms with Crippen molar-refractivity contribution in [2.24, 2.45) is 0 Å². The summed E-state index contributed by atoms with van der Waals surface area (Å²) in [4.78, 5) is 39.3. The Labute approximate surface area is 180 Å². The lowest BCUT2D eigenvalue weighted by atomic mass is 9.82. The third-order valence-corrected chi connectivity index (χ3v) is 6.15. The molecule has 2 aromatic rings.